The molecule has 0 atom stereocenters. The maximum absolute atomic E-state index is 5.92. The number of nitrogen functional groups attached to an aromatic ring is 1. The minimum Gasteiger partial charge on any atom is -0.433 e. The van der Waals surface area contributed by atoms with Gasteiger partial charge in [-0.05, 0) is 25.5 Å². The number of nitrogens with two attached hydrogens (primary N) is 1. The van der Waals surface area contributed by atoms with E-state index < -0.39 is 0 Å². The van der Waals surface area contributed by atoms with Gasteiger partial charge in [0, 0.05) is 12.4 Å². The van der Waals surface area contributed by atoms with Crippen LogP contribution in [0.1, 0.15) is 11.4 Å². The van der Waals surface area contributed by atoms with Gasteiger partial charge in [-0.3, -0.25) is 4.40 Å². The van der Waals surface area contributed by atoms with Gasteiger partial charge >= 0.3 is 0 Å². The Bertz CT molecular complexity index is 730. The van der Waals surface area contributed by atoms with Gasteiger partial charge in [0.05, 0.1) is 5.69 Å². The number of hydrogen-bond donors (Lipinski definition) is 1. The summed E-state index contributed by atoms with van der Waals surface area (Å²) < 4.78 is 7.62. The van der Waals surface area contributed by atoms with E-state index in [1.807, 2.05) is 30.4 Å². The molecule has 0 bridgehead atoms. The third-order valence-corrected chi connectivity index (χ3v) is 2.91. The number of aryl methyl sites for hydroxylation is 2. The molecule has 0 radical (unpaired) electrons. The van der Waals surface area contributed by atoms with Crippen LogP contribution in [0.15, 0.2) is 30.6 Å². The summed E-state index contributed by atoms with van der Waals surface area (Å²) in [6.07, 6.45) is 3.44. The lowest BCUT2D eigenvalue weighted by atomic mass is 10.2. The topological polar surface area (TPSA) is 78.3 Å². The van der Waals surface area contributed by atoms with E-state index in [-0.39, 0.29) is 0 Å². The summed E-state index contributed by atoms with van der Waals surface area (Å²) in [6, 6.07) is 5.60. The Hall–Kier alpha value is -2.63. The highest BCUT2D eigenvalue weighted by atomic mass is 16.5. The second kappa shape index (κ2) is 4.24. The fourth-order valence-electron chi connectivity index (χ4n) is 1.90. The zero-order valence-electron chi connectivity index (χ0n) is 10.7. The van der Waals surface area contributed by atoms with Crippen LogP contribution in [0.3, 0.4) is 0 Å². The Morgan fingerprint density at radius 2 is 2.05 bits per heavy atom. The van der Waals surface area contributed by atoms with Crippen LogP contribution in [0.2, 0.25) is 0 Å². The number of nitrogens with zero attached hydrogens (tertiary/aromatic N) is 4. The van der Waals surface area contributed by atoms with Crippen LogP contribution in [0.5, 0.6) is 11.6 Å². The van der Waals surface area contributed by atoms with Crippen molar-refractivity contribution in [3.8, 4) is 11.6 Å². The standard InChI is InChI=1S/C13H13N5O/c1-8-4-3-5-10(14)11(8)19-13-12-17-16-9(2)18(12)7-6-15-13/h3-7H,14H2,1-2H3. The van der Waals surface area contributed by atoms with Gasteiger partial charge in [-0.1, -0.05) is 12.1 Å². The van der Waals surface area contributed by atoms with Gasteiger partial charge in [-0.2, -0.15) is 0 Å². The largest absolute Gasteiger partial charge is 0.433 e. The van der Waals surface area contributed by atoms with Crippen LogP contribution in [-0.4, -0.2) is 19.6 Å². The van der Waals surface area contributed by atoms with Crippen molar-refractivity contribution in [2.24, 2.45) is 0 Å². The normalized spacial score (nSPS) is 10.8. The Kier molecular flexibility index (Phi) is 2.56. The van der Waals surface area contributed by atoms with E-state index in [0.29, 0.717) is 23.0 Å². The van der Waals surface area contributed by atoms with Gasteiger partial charge in [-0.25, -0.2) is 4.98 Å². The Labute approximate surface area is 109 Å². The second-order valence-electron chi connectivity index (χ2n) is 4.27. The number of hydrogen-bond acceptors (Lipinski definition) is 5. The van der Waals surface area contributed by atoms with E-state index in [1.54, 1.807) is 18.5 Å². The SMILES string of the molecule is Cc1cccc(N)c1Oc1nccn2c(C)nnc12. The molecule has 0 amide bonds. The Morgan fingerprint density at radius 1 is 1.21 bits per heavy atom. The van der Waals surface area contributed by atoms with E-state index in [2.05, 4.69) is 15.2 Å². The van der Waals surface area contributed by atoms with Gasteiger partial charge in [0.25, 0.3) is 5.88 Å². The molecule has 1 aromatic carbocycles. The number of aromatic nitrogens is 4. The first-order chi connectivity index (χ1) is 9.16. The maximum atomic E-state index is 5.92. The lowest BCUT2D eigenvalue weighted by molar-refractivity contribution is 0.463. The van der Waals surface area contributed by atoms with Gasteiger partial charge in [0.2, 0.25) is 5.65 Å². The molecule has 3 aromatic rings. The van der Waals surface area contributed by atoms with E-state index in [0.717, 1.165) is 11.4 Å². The van der Waals surface area contributed by atoms with Crippen molar-refractivity contribution < 1.29 is 4.74 Å². The summed E-state index contributed by atoms with van der Waals surface area (Å²) in [5, 5.41) is 8.06. The average Bonchev–Trinajstić information content (AvgIpc) is 2.77. The number of fused-ring (bicyclic) bond motifs is 1. The molecule has 2 heterocycles. The molecule has 2 N–H and O–H groups in total. The van der Waals surface area contributed by atoms with Crippen LogP contribution < -0.4 is 10.5 Å². The molecule has 2 aromatic heterocycles. The van der Waals surface area contributed by atoms with Crippen molar-refractivity contribution >= 4 is 11.3 Å². The molecule has 0 saturated carbocycles. The second-order valence-corrected chi connectivity index (χ2v) is 4.27. The van der Waals surface area contributed by atoms with Gasteiger partial charge in [0.1, 0.15) is 5.82 Å². The van der Waals surface area contributed by atoms with Crippen molar-refractivity contribution in [1.82, 2.24) is 19.6 Å². The van der Waals surface area contributed by atoms with Crippen molar-refractivity contribution in [3.63, 3.8) is 0 Å². The van der Waals surface area contributed by atoms with E-state index >= 15 is 0 Å². The molecule has 96 valence electrons. The predicted molar refractivity (Wildman–Crippen MR) is 71.2 cm³/mol. The molecule has 0 aliphatic rings. The third kappa shape index (κ3) is 1.87. The van der Waals surface area contributed by atoms with E-state index in [1.165, 1.54) is 0 Å². The lowest BCUT2D eigenvalue weighted by Gasteiger charge is -2.10. The van der Waals surface area contributed by atoms with Crippen molar-refractivity contribution in [1.29, 1.82) is 0 Å². The monoisotopic (exact) mass is 255 g/mol. The minimum atomic E-state index is 0.393. The van der Waals surface area contributed by atoms with Gasteiger partial charge in [0.15, 0.2) is 5.75 Å². The highest BCUT2D eigenvalue weighted by molar-refractivity contribution is 5.59. The zero-order valence-corrected chi connectivity index (χ0v) is 10.7. The number of rotatable bonds is 2. The summed E-state index contributed by atoms with van der Waals surface area (Å²) in [7, 11) is 0. The van der Waals surface area contributed by atoms with Gasteiger partial charge < -0.3 is 10.5 Å². The van der Waals surface area contributed by atoms with Crippen molar-refractivity contribution in [2.75, 3.05) is 5.73 Å². The molecule has 6 nitrogen and oxygen atoms in total. The van der Waals surface area contributed by atoms with Crippen LogP contribution in [0.25, 0.3) is 5.65 Å². The quantitative estimate of drug-likeness (QED) is 0.709. The summed E-state index contributed by atoms with van der Waals surface area (Å²) in [5.41, 5.74) is 8.01. The first-order valence-electron chi connectivity index (χ1n) is 5.86. The molecule has 0 unspecified atom stereocenters. The van der Waals surface area contributed by atoms with E-state index in [9.17, 15) is 0 Å². The molecular weight excluding hydrogens is 242 g/mol. The van der Waals surface area contributed by atoms with E-state index in [4.69, 9.17) is 10.5 Å². The Morgan fingerprint density at radius 3 is 2.84 bits per heavy atom. The highest BCUT2D eigenvalue weighted by Crippen LogP contribution is 2.31. The molecule has 6 heteroatoms. The molecule has 0 aliphatic heterocycles. The molecular formula is C13H13N5O. The van der Waals surface area contributed by atoms with Crippen molar-refractivity contribution in [3.05, 3.63) is 42.0 Å². The first-order valence-corrected chi connectivity index (χ1v) is 5.86. The van der Waals surface area contributed by atoms with Crippen LogP contribution in [-0.2, 0) is 0 Å². The minimum absolute atomic E-state index is 0.393. The summed E-state index contributed by atoms with van der Waals surface area (Å²) >= 11 is 0. The Balaban J connectivity index is 2.11. The van der Waals surface area contributed by atoms with Crippen LogP contribution in [0.4, 0.5) is 5.69 Å². The summed E-state index contributed by atoms with van der Waals surface area (Å²) in [5.74, 6) is 1.77. The molecule has 0 fully saturated rings. The number of anilines is 1. The molecule has 3 rings (SSSR count). The molecule has 0 aliphatic carbocycles. The molecule has 19 heavy (non-hydrogen) atoms. The fraction of sp³-hybridized carbons (Fsp3) is 0.154. The van der Waals surface area contributed by atoms with Crippen molar-refractivity contribution in [2.45, 2.75) is 13.8 Å². The molecule has 0 saturated heterocycles. The predicted octanol–water partition coefficient (Wildman–Crippen LogP) is 2.12. The third-order valence-electron chi connectivity index (χ3n) is 2.91. The zero-order chi connectivity index (χ0) is 13.4. The number of ether oxygens (including phenoxy) is 1. The molecule has 0 spiro atoms. The fourth-order valence-corrected chi connectivity index (χ4v) is 1.90. The average molecular weight is 255 g/mol. The van der Waals surface area contributed by atoms with Crippen LogP contribution >= 0.6 is 0 Å². The lowest BCUT2D eigenvalue weighted by Crippen LogP contribution is -1.98. The maximum Gasteiger partial charge on any atom is 0.265 e. The van der Waals surface area contributed by atoms with Crippen LogP contribution in [0, 0.1) is 13.8 Å². The smallest absolute Gasteiger partial charge is 0.265 e. The first kappa shape index (κ1) is 11.5. The number of benzene rings is 1. The summed E-state index contributed by atoms with van der Waals surface area (Å²) in [4.78, 5) is 4.20. The highest BCUT2D eigenvalue weighted by Gasteiger charge is 2.12. The summed E-state index contributed by atoms with van der Waals surface area (Å²) in [6.45, 7) is 3.80. The van der Waals surface area contributed by atoms with Gasteiger partial charge in [-0.15, -0.1) is 10.2 Å². The number of para-hydroxylation sites is 1.